The van der Waals surface area contributed by atoms with Crippen molar-refractivity contribution < 1.29 is 0 Å². The van der Waals surface area contributed by atoms with Crippen molar-refractivity contribution in [3.63, 3.8) is 0 Å². The van der Waals surface area contributed by atoms with E-state index in [1.54, 1.807) is 0 Å². The lowest BCUT2D eigenvalue weighted by molar-refractivity contribution is 0.671. The highest BCUT2D eigenvalue weighted by Gasteiger charge is 2.10. The van der Waals surface area contributed by atoms with Gasteiger partial charge in [0.2, 0.25) is 0 Å². The number of nitrogens with one attached hydrogen (secondary N) is 2. The first-order chi connectivity index (χ1) is 18.7. The molecule has 0 saturated carbocycles. The Balaban J connectivity index is 1.06. The van der Waals surface area contributed by atoms with E-state index in [9.17, 15) is 0 Å². The van der Waals surface area contributed by atoms with Crippen molar-refractivity contribution in [2.24, 2.45) is 0 Å². The summed E-state index contributed by atoms with van der Waals surface area (Å²) in [4.78, 5) is 9.61. The van der Waals surface area contributed by atoms with Crippen LogP contribution in [0.25, 0.3) is 43.6 Å². The number of hydrogen-bond acceptors (Lipinski definition) is 6. The SMILES string of the molecule is Nc1ccc2c(NCCCCCCNc3c4ccccc4nc4cc(N)ccc34)c3ccccc3nc2c1. The van der Waals surface area contributed by atoms with Crippen molar-refractivity contribution in [3.8, 4) is 0 Å². The van der Waals surface area contributed by atoms with Crippen molar-refractivity contribution in [2.75, 3.05) is 35.2 Å². The molecule has 2 aromatic heterocycles. The van der Waals surface area contributed by atoms with Gasteiger partial charge in [0.05, 0.1) is 33.4 Å². The first-order valence-electron chi connectivity index (χ1n) is 13.3. The van der Waals surface area contributed by atoms with Gasteiger partial charge in [0, 0.05) is 46.0 Å². The molecular formula is C32H32N6. The Morgan fingerprint density at radius 3 is 1.37 bits per heavy atom. The van der Waals surface area contributed by atoms with Gasteiger partial charge in [-0.1, -0.05) is 49.2 Å². The Kier molecular flexibility index (Phi) is 6.53. The number of rotatable bonds is 9. The van der Waals surface area contributed by atoms with Gasteiger partial charge in [-0.15, -0.1) is 0 Å². The normalized spacial score (nSPS) is 11.5. The third kappa shape index (κ3) is 4.73. The van der Waals surface area contributed by atoms with Crippen LogP contribution in [0, 0.1) is 0 Å². The quantitative estimate of drug-likeness (QED) is 0.0941. The lowest BCUT2D eigenvalue weighted by Crippen LogP contribution is -2.05. The molecule has 0 spiro atoms. The van der Waals surface area contributed by atoms with Gasteiger partial charge < -0.3 is 22.1 Å². The summed E-state index contributed by atoms with van der Waals surface area (Å²) in [7, 11) is 0. The fourth-order valence-electron chi connectivity index (χ4n) is 5.23. The Hall–Kier alpha value is -4.58. The molecule has 190 valence electrons. The molecule has 6 rings (SSSR count). The molecule has 6 nitrogen and oxygen atoms in total. The van der Waals surface area contributed by atoms with Gasteiger partial charge in [-0.05, 0) is 61.4 Å². The first kappa shape index (κ1) is 23.8. The molecule has 0 amide bonds. The number of aromatic nitrogens is 2. The minimum atomic E-state index is 0.733. The summed E-state index contributed by atoms with van der Waals surface area (Å²) in [6, 6.07) is 28.5. The molecule has 0 unspecified atom stereocenters. The minimum Gasteiger partial charge on any atom is -0.399 e. The van der Waals surface area contributed by atoms with Crippen LogP contribution in [0.1, 0.15) is 25.7 Å². The van der Waals surface area contributed by atoms with E-state index in [1.165, 1.54) is 0 Å². The summed E-state index contributed by atoms with van der Waals surface area (Å²) in [6.07, 6.45) is 4.54. The molecule has 38 heavy (non-hydrogen) atoms. The zero-order valence-corrected chi connectivity index (χ0v) is 21.4. The average Bonchev–Trinajstić information content (AvgIpc) is 2.93. The highest BCUT2D eigenvalue weighted by molar-refractivity contribution is 6.09. The Morgan fingerprint density at radius 1 is 0.474 bits per heavy atom. The molecule has 6 N–H and O–H groups in total. The predicted molar refractivity (Wildman–Crippen MR) is 163 cm³/mol. The number of anilines is 4. The molecule has 0 bridgehead atoms. The number of nitrogen functional groups attached to an aromatic ring is 2. The number of nitrogens with zero attached hydrogens (tertiary/aromatic N) is 2. The van der Waals surface area contributed by atoms with Crippen LogP contribution in [0.15, 0.2) is 84.9 Å². The van der Waals surface area contributed by atoms with E-state index >= 15 is 0 Å². The molecule has 0 fully saturated rings. The van der Waals surface area contributed by atoms with Gasteiger partial charge in [0.1, 0.15) is 0 Å². The average molecular weight is 501 g/mol. The highest BCUT2D eigenvalue weighted by Crippen LogP contribution is 2.33. The monoisotopic (exact) mass is 500 g/mol. The third-order valence-corrected chi connectivity index (χ3v) is 7.12. The maximum atomic E-state index is 6.02. The molecule has 6 heteroatoms. The zero-order valence-electron chi connectivity index (χ0n) is 21.4. The number of pyridine rings is 2. The van der Waals surface area contributed by atoms with Crippen LogP contribution in [0.4, 0.5) is 22.7 Å². The first-order valence-corrected chi connectivity index (χ1v) is 13.3. The standard InChI is InChI=1S/C32H32N6/c33-21-13-15-25-29(19-21)37-27-11-5-3-9-23(27)31(25)35-17-7-1-2-8-18-36-32-24-10-4-6-12-28(24)38-30-20-22(34)14-16-26(30)32/h3-6,9-16,19-20H,1-2,7-8,17-18,33-34H2,(H,35,37)(H,36,38). The number of benzene rings is 4. The fraction of sp³-hybridized carbons (Fsp3) is 0.188. The van der Waals surface area contributed by atoms with Gasteiger partial charge in [-0.25, -0.2) is 9.97 Å². The summed E-state index contributed by atoms with van der Waals surface area (Å²) in [6.45, 7) is 1.84. The number of hydrogen-bond donors (Lipinski definition) is 4. The van der Waals surface area contributed by atoms with Gasteiger partial charge in [-0.3, -0.25) is 0 Å². The highest BCUT2D eigenvalue weighted by atomic mass is 14.9. The second-order valence-electron chi connectivity index (χ2n) is 9.83. The fourth-order valence-corrected chi connectivity index (χ4v) is 5.23. The minimum absolute atomic E-state index is 0.733. The number of fused-ring (bicyclic) bond motifs is 4. The molecule has 2 heterocycles. The van der Waals surface area contributed by atoms with E-state index < -0.39 is 0 Å². The van der Waals surface area contributed by atoms with Gasteiger partial charge >= 0.3 is 0 Å². The van der Waals surface area contributed by atoms with Gasteiger partial charge in [0.25, 0.3) is 0 Å². The Bertz CT molecular complexity index is 1630. The van der Waals surface area contributed by atoms with E-state index in [2.05, 4.69) is 59.2 Å². The van der Waals surface area contributed by atoms with Gasteiger partial charge in [-0.2, -0.15) is 0 Å². The number of nitrogens with two attached hydrogens (primary N) is 2. The molecule has 0 radical (unpaired) electrons. The topological polar surface area (TPSA) is 102 Å². The second kappa shape index (κ2) is 10.4. The van der Waals surface area contributed by atoms with E-state index in [-0.39, 0.29) is 0 Å². The molecule has 6 aromatic rings. The molecule has 4 aromatic carbocycles. The zero-order chi connectivity index (χ0) is 25.9. The molecule has 0 atom stereocenters. The van der Waals surface area contributed by atoms with Crippen LogP contribution in [0.2, 0.25) is 0 Å². The van der Waals surface area contributed by atoms with Crippen molar-refractivity contribution in [3.05, 3.63) is 84.9 Å². The Morgan fingerprint density at radius 2 is 0.895 bits per heavy atom. The van der Waals surface area contributed by atoms with Crippen LogP contribution >= 0.6 is 0 Å². The van der Waals surface area contributed by atoms with Crippen molar-refractivity contribution in [2.45, 2.75) is 25.7 Å². The summed E-state index contributed by atoms with van der Waals surface area (Å²) in [5, 5.41) is 11.9. The second-order valence-corrected chi connectivity index (χ2v) is 9.83. The molecule has 0 aliphatic rings. The van der Waals surface area contributed by atoms with Crippen molar-refractivity contribution in [1.82, 2.24) is 9.97 Å². The van der Waals surface area contributed by atoms with Crippen LogP contribution in [-0.4, -0.2) is 23.1 Å². The summed E-state index contributed by atoms with van der Waals surface area (Å²) >= 11 is 0. The lowest BCUT2D eigenvalue weighted by Gasteiger charge is -2.14. The number of unbranched alkanes of at least 4 members (excludes halogenated alkanes) is 3. The third-order valence-electron chi connectivity index (χ3n) is 7.12. The lowest BCUT2D eigenvalue weighted by atomic mass is 10.1. The summed E-state index contributed by atoms with van der Waals surface area (Å²) in [5.41, 5.74) is 19.6. The summed E-state index contributed by atoms with van der Waals surface area (Å²) < 4.78 is 0. The van der Waals surface area contributed by atoms with E-state index in [4.69, 9.17) is 21.4 Å². The van der Waals surface area contributed by atoms with Crippen molar-refractivity contribution in [1.29, 1.82) is 0 Å². The van der Waals surface area contributed by atoms with E-state index in [0.29, 0.717) is 0 Å². The smallest absolute Gasteiger partial charge is 0.0751 e. The van der Waals surface area contributed by atoms with E-state index in [0.717, 1.165) is 105 Å². The van der Waals surface area contributed by atoms with Crippen LogP contribution in [0.5, 0.6) is 0 Å². The van der Waals surface area contributed by atoms with Crippen molar-refractivity contribution >= 4 is 66.4 Å². The van der Waals surface area contributed by atoms with Crippen LogP contribution in [0.3, 0.4) is 0 Å². The Labute approximate surface area is 222 Å². The summed E-state index contributed by atoms with van der Waals surface area (Å²) in [5.74, 6) is 0. The molecule has 0 aliphatic heterocycles. The maximum absolute atomic E-state index is 6.02. The molecular weight excluding hydrogens is 468 g/mol. The van der Waals surface area contributed by atoms with Gasteiger partial charge in [0.15, 0.2) is 0 Å². The number of para-hydroxylation sites is 2. The maximum Gasteiger partial charge on any atom is 0.0751 e. The molecule has 0 aliphatic carbocycles. The largest absolute Gasteiger partial charge is 0.399 e. The van der Waals surface area contributed by atoms with Crippen LogP contribution < -0.4 is 22.1 Å². The van der Waals surface area contributed by atoms with Crippen LogP contribution in [-0.2, 0) is 0 Å². The molecule has 0 saturated heterocycles. The predicted octanol–water partition coefficient (Wildman–Crippen LogP) is 7.34. The van der Waals surface area contributed by atoms with E-state index in [1.807, 2.05) is 36.4 Å².